The number of rotatable bonds is 4. The van der Waals surface area contributed by atoms with Gasteiger partial charge in [0.15, 0.2) is 0 Å². The van der Waals surface area contributed by atoms with E-state index in [1.165, 1.54) is 6.42 Å². The Morgan fingerprint density at radius 2 is 1.79 bits per heavy atom. The van der Waals surface area contributed by atoms with Crippen LogP contribution >= 0.6 is 0 Å². The number of hydrogen-bond acceptors (Lipinski definition) is 4. The number of amides is 1. The van der Waals surface area contributed by atoms with Gasteiger partial charge in [0.1, 0.15) is 5.75 Å². The molecule has 5 nitrogen and oxygen atoms in total. The van der Waals surface area contributed by atoms with Gasteiger partial charge in [0.25, 0.3) is 5.91 Å². The molecule has 0 aromatic heterocycles. The molecule has 126 valence electrons. The summed E-state index contributed by atoms with van der Waals surface area (Å²) in [7, 11) is 1.64. The van der Waals surface area contributed by atoms with Gasteiger partial charge in [-0.05, 0) is 61.7 Å². The normalized spacial score (nSPS) is 14.3. The lowest BCUT2D eigenvalue weighted by atomic mass is 10.1. The summed E-state index contributed by atoms with van der Waals surface area (Å²) in [5.41, 5.74) is 9.05. The molecule has 3 N–H and O–H groups in total. The Kier molecular flexibility index (Phi) is 4.89. The maximum Gasteiger partial charge on any atom is 0.253 e. The molecule has 2 aromatic carbocycles. The third kappa shape index (κ3) is 3.62. The Bertz CT molecular complexity index is 707. The second kappa shape index (κ2) is 7.25. The number of nitrogens with one attached hydrogen (secondary N) is 1. The second-order valence-electron chi connectivity index (χ2n) is 6.01. The highest BCUT2D eigenvalue weighted by Crippen LogP contribution is 2.26. The molecule has 0 unspecified atom stereocenters. The summed E-state index contributed by atoms with van der Waals surface area (Å²) in [6.07, 6.45) is 3.37. The van der Waals surface area contributed by atoms with E-state index in [1.54, 1.807) is 13.2 Å². The molecule has 1 aliphatic heterocycles. The Morgan fingerprint density at radius 3 is 2.42 bits per heavy atom. The zero-order valence-corrected chi connectivity index (χ0v) is 13.9. The number of nitrogens with zero attached hydrogens (tertiary/aromatic N) is 1. The van der Waals surface area contributed by atoms with E-state index in [9.17, 15) is 4.79 Å². The Labute approximate surface area is 142 Å². The molecule has 5 heteroatoms. The predicted octanol–water partition coefficient (Wildman–Crippen LogP) is 3.65. The average molecular weight is 325 g/mol. The van der Waals surface area contributed by atoms with Gasteiger partial charge in [0, 0.05) is 24.3 Å². The van der Waals surface area contributed by atoms with Crippen molar-refractivity contribution in [3.8, 4) is 5.75 Å². The van der Waals surface area contributed by atoms with Crippen molar-refractivity contribution in [1.82, 2.24) is 4.90 Å². The largest absolute Gasteiger partial charge is 0.497 e. The fourth-order valence-electron chi connectivity index (χ4n) is 2.92. The molecule has 1 aliphatic rings. The van der Waals surface area contributed by atoms with Crippen LogP contribution in [0.2, 0.25) is 0 Å². The lowest BCUT2D eigenvalue weighted by Gasteiger charge is -2.27. The van der Waals surface area contributed by atoms with Gasteiger partial charge in [-0.15, -0.1) is 0 Å². The summed E-state index contributed by atoms with van der Waals surface area (Å²) in [5, 5.41) is 3.26. The minimum absolute atomic E-state index is 0.0670. The maximum absolute atomic E-state index is 12.5. The standard InChI is InChI=1S/C19H23N3O2/c1-24-16-8-6-15(7-9-16)21-18-10-5-14(13-17(18)20)19(23)22-11-3-2-4-12-22/h5-10,13,21H,2-4,11-12,20H2,1H3. The van der Waals surface area contributed by atoms with Gasteiger partial charge in [-0.1, -0.05) is 0 Å². The quantitative estimate of drug-likeness (QED) is 0.842. The molecule has 24 heavy (non-hydrogen) atoms. The van der Waals surface area contributed by atoms with Crippen molar-refractivity contribution >= 4 is 23.0 Å². The van der Waals surface area contributed by atoms with Crippen molar-refractivity contribution in [2.45, 2.75) is 19.3 Å². The van der Waals surface area contributed by atoms with Crippen molar-refractivity contribution in [3.63, 3.8) is 0 Å². The van der Waals surface area contributed by atoms with Gasteiger partial charge in [0.2, 0.25) is 0 Å². The summed E-state index contributed by atoms with van der Waals surface area (Å²) >= 11 is 0. The Balaban J connectivity index is 1.72. The van der Waals surface area contributed by atoms with E-state index < -0.39 is 0 Å². The van der Waals surface area contributed by atoms with Crippen LogP contribution < -0.4 is 15.8 Å². The van der Waals surface area contributed by atoms with Gasteiger partial charge >= 0.3 is 0 Å². The molecule has 0 bridgehead atoms. The Hall–Kier alpha value is -2.69. The fraction of sp³-hybridized carbons (Fsp3) is 0.316. The third-order valence-corrected chi connectivity index (χ3v) is 4.31. The highest BCUT2D eigenvalue weighted by Gasteiger charge is 2.18. The molecule has 1 heterocycles. The van der Waals surface area contributed by atoms with E-state index in [0.29, 0.717) is 11.3 Å². The van der Waals surface area contributed by atoms with E-state index in [-0.39, 0.29) is 5.91 Å². The molecule has 1 fully saturated rings. The van der Waals surface area contributed by atoms with Crippen molar-refractivity contribution in [1.29, 1.82) is 0 Å². The lowest BCUT2D eigenvalue weighted by molar-refractivity contribution is 0.0724. The van der Waals surface area contributed by atoms with Gasteiger partial charge in [0.05, 0.1) is 18.5 Å². The minimum Gasteiger partial charge on any atom is -0.497 e. The number of likely N-dealkylation sites (tertiary alicyclic amines) is 1. The second-order valence-corrected chi connectivity index (χ2v) is 6.01. The van der Waals surface area contributed by atoms with E-state index in [4.69, 9.17) is 10.5 Å². The van der Waals surface area contributed by atoms with E-state index >= 15 is 0 Å². The zero-order valence-electron chi connectivity index (χ0n) is 13.9. The molecular formula is C19H23N3O2. The monoisotopic (exact) mass is 325 g/mol. The van der Waals surface area contributed by atoms with Crippen LogP contribution in [0.4, 0.5) is 17.1 Å². The van der Waals surface area contributed by atoms with E-state index in [2.05, 4.69) is 5.32 Å². The van der Waals surface area contributed by atoms with Gasteiger partial charge in [-0.3, -0.25) is 4.79 Å². The summed E-state index contributed by atoms with van der Waals surface area (Å²) < 4.78 is 5.15. The zero-order chi connectivity index (χ0) is 16.9. The summed E-state index contributed by atoms with van der Waals surface area (Å²) in [6, 6.07) is 13.0. The highest BCUT2D eigenvalue weighted by molar-refractivity contribution is 5.96. The number of anilines is 3. The topological polar surface area (TPSA) is 67.6 Å². The van der Waals surface area contributed by atoms with Crippen LogP contribution in [-0.4, -0.2) is 31.0 Å². The van der Waals surface area contributed by atoms with E-state index in [1.807, 2.05) is 41.3 Å². The first-order valence-corrected chi connectivity index (χ1v) is 8.27. The molecule has 0 aliphatic carbocycles. The highest BCUT2D eigenvalue weighted by atomic mass is 16.5. The lowest BCUT2D eigenvalue weighted by Crippen LogP contribution is -2.35. The number of carbonyl (C=O) groups is 1. The van der Waals surface area contributed by atoms with Crippen molar-refractivity contribution in [2.24, 2.45) is 0 Å². The number of piperidine rings is 1. The van der Waals surface area contributed by atoms with Crippen LogP contribution in [0.25, 0.3) is 0 Å². The first kappa shape index (κ1) is 16.2. The molecule has 0 spiro atoms. The maximum atomic E-state index is 12.5. The number of benzene rings is 2. The van der Waals surface area contributed by atoms with Gasteiger partial charge < -0.3 is 20.7 Å². The van der Waals surface area contributed by atoms with Crippen LogP contribution in [0, 0.1) is 0 Å². The van der Waals surface area contributed by atoms with Crippen LogP contribution in [0.15, 0.2) is 42.5 Å². The van der Waals surface area contributed by atoms with Crippen molar-refractivity contribution in [2.75, 3.05) is 31.2 Å². The van der Waals surface area contributed by atoms with Gasteiger partial charge in [-0.25, -0.2) is 0 Å². The number of ether oxygens (including phenoxy) is 1. The predicted molar refractivity (Wildman–Crippen MR) is 96.9 cm³/mol. The summed E-state index contributed by atoms with van der Waals surface area (Å²) in [5.74, 6) is 0.869. The smallest absolute Gasteiger partial charge is 0.253 e. The van der Waals surface area contributed by atoms with Crippen LogP contribution in [0.5, 0.6) is 5.75 Å². The molecule has 2 aromatic rings. The number of nitrogens with two attached hydrogens (primary N) is 1. The molecule has 0 atom stereocenters. The molecule has 1 saturated heterocycles. The number of nitrogen functional groups attached to an aromatic ring is 1. The number of carbonyl (C=O) groups excluding carboxylic acids is 1. The van der Waals surface area contributed by atoms with Gasteiger partial charge in [-0.2, -0.15) is 0 Å². The first-order valence-electron chi connectivity index (χ1n) is 8.27. The van der Waals surface area contributed by atoms with E-state index in [0.717, 1.165) is 43.1 Å². The SMILES string of the molecule is COc1ccc(Nc2ccc(C(=O)N3CCCCC3)cc2N)cc1. The number of methoxy groups -OCH3 is 1. The molecule has 0 radical (unpaired) electrons. The van der Waals surface area contributed by atoms with Crippen LogP contribution in [0.1, 0.15) is 29.6 Å². The van der Waals surface area contributed by atoms with Crippen molar-refractivity contribution in [3.05, 3.63) is 48.0 Å². The van der Waals surface area contributed by atoms with Crippen LogP contribution in [0.3, 0.4) is 0 Å². The molecule has 0 saturated carbocycles. The summed E-state index contributed by atoms with van der Waals surface area (Å²) in [6.45, 7) is 1.68. The molecule has 1 amide bonds. The minimum atomic E-state index is 0.0670. The molecule has 3 rings (SSSR count). The Morgan fingerprint density at radius 1 is 1.08 bits per heavy atom. The average Bonchev–Trinajstić information content (AvgIpc) is 2.64. The third-order valence-electron chi connectivity index (χ3n) is 4.31. The van der Waals surface area contributed by atoms with Crippen LogP contribution in [-0.2, 0) is 0 Å². The first-order chi connectivity index (χ1) is 11.7. The summed E-state index contributed by atoms with van der Waals surface area (Å²) in [4.78, 5) is 14.4. The molecular weight excluding hydrogens is 302 g/mol. The number of hydrogen-bond donors (Lipinski definition) is 2. The fourth-order valence-corrected chi connectivity index (χ4v) is 2.92. The van der Waals surface area contributed by atoms with Crippen molar-refractivity contribution < 1.29 is 9.53 Å².